The Morgan fingerprint density at radius 1 is 1.64 bits per heavy atom. The van der Waals surface area contributed by atoms with E-state index in [2.05, 4.69) is 20.9 Å². The highest BCUT2D eigenvalue weighted by atomic mass is 79.9. The summed E-state index contributed by atoms with van der Waals surface area (Å²) in [6, 6.07) is 0.752. The Morgan fingerprint density at radius 3 is 2.64 bits per heavy atom. The maximum absolute atomic E-state index is 12.2. The molecule has 0 bridgehead atoms. The van der Waals surface area contributed by atoms with Gasteiger partial charge in [-0.1, -0.05) is 0 Å². The third-order valence-corrected chi connectivity index (χ3v) is 2.09. The Balaban J connectivity index is 3.31. The zero-order valence-electron chi connectivity index (χ0n) is 6.67. The number of halogens is 3. The van der Waals surface area contributed by atoms with Crippen molar-refractivity contribution >= 4 is 21.8 Å². The maximum atomic E-state index is 12.2. The molecule has 7 heteroatoms. The summed E-state index contributed by atoms with van der Waals surface area (Å²) < 4.78 is 24.3. The quantitative estimate of drug-likeness (QED) is 0.799. The molecule has 1 rings (SSSR count). The molecule has 0 radical (unpaired) electrons. The second-order valence-corrected chi connectivity index (χ2v) is 3.15. The highest BCUT2D eigenvalue weighted by Gasteiger charge is 2.18. The Hall–Kier alpha value is -1.24. The van der Waals surface area contributed by atoms with Gasteiger partial charge in [0.1, 0.15) is 10.4 Å². The fraction of sp³-hybridized carbons (Fsp3) is 0.143. The third-order valence-electron chi connectivity index (χ3n) is 1.45. The van der Waals surface area contributed by atoms with E-state index in [0.29, 0.717) is 0 Å². The van der Waals surface area contributed by atoms with Gasteiger partial charge in [-0.2, -0.15) is 0 Å². The lowest BCUT2D eigenvalue weighted by Gasteiger charge is -2.05. The predicted molar refractivity (Wildman–Crippen MR) is 47.1 cm³/mol. The number of amides is 1. The summed E-state index contributed by atoms with van der Waals surface area (Å²) in [5.41, 5.74) is 3.90. The molecule has 1 heterocycles. The van der Waals surface area contributed by atoms with Crippen molar-refractivity contribution in [1.29, 1.82) is 0 Å². The van der Waals surface area contributed by atoms with Crippen LogP contribution in [-0.4, -0.2) is 16.0 Å². The first-order chi connectivity index (χ1) is 6.43. The van der Waals surface area contributed by atoms with E-state index in [1.165, 1.54) is 0 Å². The standard InChI is InChI=1S/C7H5BrF2N2O2/c8-5-2(6(9)10)1-3(13)4(12-5)7(11)14/h1,6,13H,(H2,11,14). The van der Waals surface area contributed by atoms with Crippen molar-refractivity contribution in [2.75, 3.05) is 0 Å². The van der Waals surface area contributed by atoms with Gasteiger partial charge in [0.05, 0.1) is 5.56 Å². The number of alkyl halides is 2. The van der Waals surface area contributed by atoms with E-state index in [1.54, 1.807) is 0 Å². The first kappa shape index (κ1) is 10.8. The van der Waals surface area contributed by atoms with Crippen molar-refractivity contribution in [2.45, 2.75) is 6.43 Å². The summed E-state index contributed by atoms with van der Waals surface area (Å²) >= 11 is 2.74. The predicted octanol–water partition coefficient (Wildman–Crippen LogP) is 1.59. The van der Waals surface area contributed by atoms with Gasteiger partial charge in [-0.15, -0.1) is 0 Å². The number of aromatic hydroxyl groups is 1. The average Bonchev–Trinajstić information content (AvgIpc) is 2.07. The van der Waals surface area contributed by atoms with Crippen molar-refractivity contribution in [1.82, 2.24) is 4.98 Å². The van der Waals surface area contributed by atoms with Crippen LogP contribution in [0.1, 0.15) is 22.5 Å². The van der Waals surface area contributed by atoms with Crippen LogP contribution >= 0.6 is 15.9 Å². The van der Waals surface area contributed by atoms with Gasteiger partial charge in [0, 0.05) is 0 Å². The van der Waals surface area contributed by atoms with E-state index >= 15 is 0 Å². The molecule has 0 saturated heterocycles. The first-order valence-electron chi connectivity index (χ1n) is 3.41. The van der Waals surface area contributed by atoms with Gasteiger partial charge in [0.2, 0.25) is 0 Å². The molecule has 0 atom stereocenters. The van der Waals surface area contributed by atoms with Crippen LogP contribution in [0.5, 0.6) is 5.75 Å². The minimum atomic E-state index is -2.79. The van der Waals surface area contributed by atoms with Gasteiger partial charge in [0.25, 0.3) is 12.3 Å². The van der Waals surface area contributed by atoms with Gasteiger partial charge < -0.3 is 10.8 Å². The molecule has 76 valence electrons. The molecule has 0 aliphatic heterocycles. The van der Waals surface area contributed by atoms with Gasteiger partial charge in [0.15, 0.2) is 5.69 Å². The van der Waals surface area contributed by atoms with Gasteiger partial charge >= 0.3 is 0 Å². The number of primary amides is 1. The molecule has 1 amide bonds. The molecule has 0 aromatic carbocycles. The van der Waals surface area contributed by atoms with E-state index in [0.717, 1.165) is 6.07 Å². The summed E-state index contributed by atoms with van der Waals surface area (Å²) in [6.07, 6.45) is -2.79. The number of nitrogens with two attached hydrogens (primary N) is 1. The monoisotopic (exact) mass is 266 g/mol. The minimum Gasteiger partial charge on any atom is -0.505 e. The number of hydrogen-bond acceptors (Lipinski definition) is 3. The number of carbonyl (C=O) groups excluding carboxylic acids is 1. The zero-order valence-corrected chi connectivity index (χ0v) is 8.25. The molecule has 4 nitrogen and oxygen atoms in total. The van der Waals surface area contributed by atoms with Gasteiger partial charge in [-0.05, 0) is 22.0 Å². The second kappa shape index (κ2) is 3.87. The molecule has 0 aliphatic carbocycles. The largest absolute Gasteiger partial charge is 0.505 e. The van der Waals surface area contributed by atoms with Crippen LogP contribution in [0.15, 0.2) is 10.7 Å². The fourth-order valence-corrected chi connectivity index (χ4v) is 1.29. The van der Waals surface area contributed by atoms with E-state index in [4.69, 9.17) is 10.8 Å². The molecule has 1 aromatic heterocycles. The molecular formula is C7H5BrF2N2O2. The molecule has 0 fully saturated rings. The molecule has 0 aliphatic rings. The smallest absolute Gasteiger partial charge is 0.271 e. The summed E-state index contributed by atoms with van der Waals surface area (Å²) in [4.78, 5) is 14.1. The Morgan fingerprint density at radius 2 is 2.21 bits per heavy atom. The highest BCUT2D eigenvalue weighted by Crippen LogP contribution is 2.30. The number of hydrogen-bond donors (Lipinski definition) is 2. The molecule has 3 N–H and O–H groups in total. The zero-order chi connectivity index (χ0) is 10.9. The van der Waals surface area contributed by atoms with E-state index in [1.807, 2.05) is 0 Å². The SMILES string of the molecule is NC(=O)c1nc(Br)c(C(F)F)cc1O. The molecule has 14 heavy (non-hydrogen) atoms. The van der Waals surface area contributed by atoms with Crippen LogP contribution < -0.4 is 5.73 Å². The van der Waals surface area contributed by atoms with Crippen LogP contribution in [0, 0.1) is 0 Å². The van der Waals surface area contributed by atoms with Crippen LogP contribution in [0.2, 0.25) is 0 Å². The summed E-state index contributed by atoms with van der Waals surface area (Å²) in [6.45, 7) is 0. The Kier molecular flexibility index (Phi) is 3.00. The molecule has 0 spiro atoms. The number of aromatic nitrogens is 1. The van der Waals surface area contributed by atoms with Crippen LogP contribution in [0.3, 0.4) is 0 Å². The Labute approximate surface area is 85.9 Å². The summed E-state index contributed by atoms with van der Waals surface area (Å²) in [5.74, 6) is -1.64. The fourth-order valence-electron chi connectivity index (χ4n) is 0.830. The van der Waals surface area contributed by atoms with E-state index in [9.17, 15) is 13.6 Å². The van der Waals surface area contributed by atoms with Crippen molar-refractivity contribution in [3.63, 3.8) is 0 Å². The topological polar surface area (TPSA) is 76.2 Å². The van der Waals surface area contributed by atoms with Crippen LogP contribution in [0.4, 0.5) is 8.78 Å². The summed E-state index contributed by atoms with van der Waals surface area (Å²) in [7, 11) is 0. The van der Waals surface area contributed by atoms with Crippen LogP contribution in [0.25, 0.3) is 0 Å². The average molecular weight is 267 g/mol. The van der Waals surface area contributed by atoms with Crippen molar-refractivity contribution < 1.29 is 18.7 Å². The number of nitrogens with zero attached hydrogens (tertiary/aromatic N) is 1. The highest BCUT2D eigenvalue weighted by molar-refractivity contribution is 9.10. The third kappa shape index (κ3) is 1.98. The Bertz CT molecular complexity index is 384. The second-order valence-electron chi connectivity index (χ2n) is 2.40. The molecule has 0 saturated carbocycles. The van der Waals surface area contributed by atoms with E-state index in [-0.39, 0.29) is 4.60 Å². The lowest BCUT2D eigenvalue weighted by molar-refractivity contribution is 0.0991. The maximum Gasteiger partial charge on any atom is 0.271 e. The van der Waals surface area contributed by atoms with Crippen molar-refractivity contribution in [2.24, 2.45) is 5.73 Å². The number of carbonyl (C=O) groups is 1. The number of pyridine rings is 1. The van der Waals surface area contributed by atoms with Crippen molar-refractivity contribution in [3.8, 4) is 5.75 Å². The van der Waals surface area contributed by atoms with Gasteiger partial charge in [-0.3, -0.25) is 4.79 Å². The van der Waals surface area contributed by atoms with Gasteiger partial charge in [-0.25, -0.2) is 13.8 Å². The molecular weight excluding hydrogens is 262 g/mol. The number of rotatable bonds is 2. The lowest BCUT2D eigenvalue weighted by atomic mass is 10.2. The minimum absolute atomic E-state index is 0.209. The molecule has 1 aromatic rings. The molecule has 0 unspecified atom stereocenters. The van der Waals surface area contributed by atoms with Crippen molar-refractivity contribution in [3.05, 3.63) is 21.9 Å². The lowest BCUT2D eigenvalue weighted by Crippen LogP contribution is -2.14. The summed E-state index contributed by atoms with van der Waals surface area (Å²) in [5, 5.41) is 9.12. The normalized spacial score (nSPS) is 10.6. The van der Waals surface area contributed by atoms with Crippen LogP contribution in [-0.2, 0) is 0 Å². The first-order valence-corrected chi connectivity index (χ1v) is 4.20. The van der Waals surface area contributed by atoms with E-state index < -0.39 is 29.3 Å².